The Balaban J connectivity index is 1.94. The molecule has 1 fully saturated rings. The molecule has 1 atom stereocenters. The van der Waals surface area contributed by atoms with Gasteiger partial charge in [-0.15, -0.1) is 10.2 Å². The normalized spacial score (nSPS) is 21.2. The average molecular weight is 255 g/mol. The van der Waals surface area contributed by atoms with Crippen molar-refractivity contribution in [2.45, 2.75) is 12.8 Å². The lowest BCUT2D eigenvalue weighted by molar-refractivity contribution is -0.121. The van der Waals surface area contributed by atoms with Gasteiger partial charge in [0, 0.05) is 6.54 Å². The van der Waals surface area contributed by atoms with Crippen LogP contribution in [0, 0.1) is 5.92 Å². The van der Waals surface area contributed by atoms with Crippen LogP contribution in [0.2, 0.25) is 5.15 Å². The summed E-state index contributed by atoms with van der Waals surface area (Å²) in [6.07, 6.45) is 1.98. The van der Waals surface area contributed by atoms with Crippen molar-refractivity contribution in [1.82, 2.24) is 15.1 Å². The van der Waals surface area contributed by atoms with Gasteiger partial charge in [0.25, 0.3) is 0 Å². The van der Waals surface area contributed by atoms with E-state index < -0.39 is 0 Å². The van der Waals surface area contributed by atoms with Crippen molar-refractivity contribution < 1.29 is 4.79 Å². The molecular weight excluding hydrogens is 240 g/mol. The molecule has 17 heavy (non-hydrogen) atoms. The molecular formula is C11H15ClN4O. The van der Waals surface area contributed by atoms with Crippen molar-refractivity contribution in [2.75, 3.05) is 25.5 Å². The summed E-state index contributed by atoms with van der Waals surface area (Å²) in [7, 11) is 2.03. The molecule has 92 valence electrons. The monoisotopic (exact) mass is 254 g/mol. The van der Waals surface area contributed by atoms with E-state index in [2.05, 4.69) is 20.4 Å². The summed E-state index contributed by atoms with van der Waals surface area (Å²) in [6, 6.07) is 3.26. The number of piperidine rings is 1. The minimum absolute atomic E-state index is 0.00757. The molecule has 0 bridgehead atoms. The summed E-state index contributed by atoms with van der Waals surface area (Å²) in [5, 5.41) is 10.6. The molecule has 1 aliphatic rings. The number of hydrogen-bond acceptors (Lipinski definition) is 4. The first kappa shape index (κ1) is 12.3. The quantitative estimate of drug-likeness (QED) is 0.867. The molecule has 0 radical (unpaired) electrons. The molecule has 1 saturated heterocycles. The zero-order chi connectivity index (χ0) is 12.3. The lowest BCUT2D eigenvalue weighted by atomic mass is 9.98. The van der Waals surface area contributed by atoms with E-state index in [-0.39, 0.29) is 11.8 Å². The molecule has 6 heteroatoms. The van der Waals surface area contributed by atoms with Gasteiger partial charge in [0.05, 0.1) is 5.92 Å². The highest BCUT2D eigenvalue weighted by Crippen LogP contribution is 2.17. The molecule has 0 saturated carbocycles. The van der Waals surface area contributed by atoms with E-state index >= 15 is 0 Å². The topological polar surface area (TPSA) is 58.1 Å². The summed E-state index contributed by atoms with van der Waals surface area (Å²) < 4.78 is 0. The smallest absolute Gasteiger partial charge is 0.229 e. The number of nitrogens with zero attached hydrogens (tertiary/aromatic N) is 3. The summed E-state index contributed by atoms with van der Waals surface area (Å²) in [5.41, 5.74) is 0. The van der Waals surface area contributed by atoms with Crippen LogP contribution in [0.4, 0.5) is 5.82 Å². The van der Waals surface area contributed by atoms with Crippen LogP contribution in [-0.2, 0) is 4.79 Å². The van der Waals surface area contributed by atoms with E-state index in [0.717, 1.165) is 25.9 Å². The van der Waals surface area contributed by atoms with Crippen LogP contribution in [0.3, 0.4) is 0 Å². The Labute approximate surface area is 105 Å². The van der Waals surface area contributed by atoms with Gasteiger partial charge in [-0.25, -0.2) is 0 Å². The predicted molar refractivity (Wildman–Crippen MR) is 65.9 cm³/mol. The number of amides is 1. The SMILES string of the molecule is CN1CCCC(C(=O)Nc2ccc(Cl)nn2)C1. The van der Waals surface area contributed by atoms with E-state index in [4.69, 9.17) is 11.6 Å². The minimum atomic E-state index is 0.00757. The van der Waals surface area contributed by atoms with Gasteiger partial charge in [0.1, 0.15) is 0 Å². The third-order valence-corrected chi connectivity index (χ3v) is 3.08. The van der Waals surface area contributed by atoms with Crippen molar-refractivity contribution in [3.63, 3.8) is 0 Å². The number of rotatable bonds is 2. The summed E-state index contributed by atoms with van der Waals surface area (Å²) in [4.78, 5) is 14.1. The largest absolute Gasteiger partial charge is 0.309 e. The van der Waals surface area contributed by atoms with Gasteiger partial charge in [0.2, 0.25) is 5.91 Å². The highest BCUT2D eigenvalue weighted by Gasteiger charge is 2.24. The number of likely N-dealkylation sites (tertiary alicyclic amines) is 1. The Morgan fingerprint density at radius 2 is 2.35 bits per heavy atom. The van der Waals surface area contributed by atoms with Crippen LogP contribution in [0.25, 0.3) is 0 Å². The molecule has 1 aromatic heterocycles. The highest BCUT2D eigenvalue weighted by atomic mass is 35.5. The van der Waals surface area contributed by atoms with Crippen molar-refractivity contribution in [3.05, 3.63) is 17.3 Å². The van der Waals surface area contributed by atoms with Crippen LogP contribution in [0.5, 0.6) is 0 Å². The number of anilines is 1. The highest BCUT2D eigenvalue weighted by molar-refractivity contribution is 6.29. The van der Waals surface area contributed by atoms with Gasteiger partial charge in [0.15, 0.2) is 11.0 Å². The van der Waals surface area contributed by atoms with Crippen LogP contribution >= 0.6 is 11.6 Å². The molecule has 0 spiro atoms. The predicted octanol–water partition coefficient (Wildman–Crippen LogP) is 1.41. The van der Waals surface area contributed by atoms with Gasteiger partial charge in [-0.3, -0.25) is 4.79 Å². The molecule has 1 N–H and O–H groups in total. The standard InChI is InChI=1S/C11H15ClN4O/c1-16-6-2-3-8(7-16)11(17)13-10-5-4-9(12)14-15-10/h4-5,8H,2-3,6-7H2,1H3,(H,13,15,17). The second-order valence-electron chi connectivity index (χ2n) is 4.33. The summed E-state index contributed by atoms with van der Waals surface area (Å²) >= 11 is 5.62. The maximum absolute atomic E-state index is 12.0. The lowest BCUT2D eigenvalue weighted by Gasteiger charge is -2.28. The van der Waals surface area contributed by atoms with E-state index in [0.29, 0.717) is 11.0 Å². The Morgan fingerprint density at radius 3 is 3.00 bits per heavy atom. The Morgan fingerprint density at radius 1 is 1.53 bits per heavy atom. The zero-order valence-corrected chi connectivity index (χ0v) is 10.4. The van der Waals surface area contributed by atoms with Crippen LogP contribution in [0.15, 0.2) is 12.1 Å². The van der Waals surface area contributed by atoms with Crippen LogP contribution in [0.1, 0.15) is 12.8 Å². The molecule has 1 aliphatic heterocycles. The molecule has 0 aliphatic carbocycles. The van der Waals surface area contributed by atoms with Crippen molar-refractivity contribution in [3.8, 4) is 0 Å². The number of carbonyl (C=O) groups is 1. The molecule has 1 amide bonds. The van der Waals surface area contributed by atoms with E-state index in [9.17, 15) is 4.79 Å². The van der Waals surface area contributed by atoms with Crippen molar-refractivity contribution in [1.29, 1.82) is 0 Å². The third-order valence-electron chi connectivity index (χ3n) is 2.88. The van der Waals surface area contributed by atoms with E-state index in [1.165, 1.54) is 0 Å². The maximum atomic E-state index is 12.0. The number of nitrogens with one attached hydrogen (secondary N) is 1. The molecule has 2 heterocycles. The van der Waals surface area contributed by atoms with Gasteiger partial charge in [-0.05, 0) is 38.6 Å². The number of halogens is 1. The first-order valence-electron chi connectivity index (χ1n) is 5.64. The van der Waals surface area contributed by atoms with Crippen LogP contribution in [-0.4, -0.2) is 41.1 Å². The Kier molecular flexibility index (Phi) is 3.91. The fraction of sp³-hybridized carbons (Fsp3) is 0.545. The molecule has 5 nitrogen and oxygen atoms in total. The van der Waals surface area contributed by atoms with Crippen LogP contribution < -0.4 is 5.32 Å². The van der Waals surface area contributed by atoms with Gasteiger partial charge in [-0.1, -0.05) is 11.6 Å². The minimum Gasteiger partial charge on any atom is -0.309 e. The van der Waals surface area contributed by atoms with E-state index in [1.807, 2.05) is 7.05 Å². The molecule has 2 rings (SSSR count). The first-order valence-corrected chi connectivity index (χ1v) is 6.01. The fourth-order valence-corrected chi connectivity index (χ4v) is 2.09. The maximum Gasteiger partial charge on any atom is 0.229 e. The van der Waals surface area contributed by atoms with Crippen molar-refractivity contribution in [2.24, 2.45) is 5.92 Å². The lowest BCUT2D eigenvalue weighted by Crippen LogP contribution is -2.38. The second-order valence-corrected chi connectivity index (χ2v) is 4.72. The van der Waals surface area contributed by atoms with Gasteiger partial charge >= 0.3 is 0 Å². The fourth-order valence-electron chi connectivity index (χ4n) is 1.99. The van der Waals surface area contributed by atoms with E-state index in [1.54, 1.807) is 12.1 Å². The molecule has 0 aromatic carbocycles. The average Bonchev–Trinajstić information content (AvgIpc) is 2.32. The number of hydrogen-bond donors (Lipinski definition) is 1. The molecule has 1 unspecified atom stereocenters. The van der Waals surface area contributed by atoms with Crippen molar-refractivity contribution >= 4 is 23.3 Å². The zero-order valence-electron chi connectivity index (χ0n) is 9.69. The Hall–Kier alpha value is -1.20. The van der Waals surface area contributed by atoms with Gasteiger partial charge < -0.3 is 10.2 Å². The first-order chi connectivity index (χ1) is 8.15. The number of carbonyl (C=O) groups excluding carboxylic acids is 1. The van der Waals surface area contributed by atoms with Gasteiger partial charge in [-0.2, -0.15) is 0 Å². The summed E-state index contributed by atoms with van der Waals surface area (Å²) in [6.45, 7) is 1.86. The molecule has 1 aromatic rings. The Bertz CT molecular complexity index is 395. The second kappa shape index (κ2) is 5.42. The number of aromatic nitrogens is 2. The summed E-state index contributed by atoms with van der Waals surface area (Å²) in [5.74, 6) is 0.493. The third kappa shape index (κ3) is 3.38.